The lowest BCUT2D eigenvalue weighted by Gasteiger charge is -2.41. The second kappa shape index (κ2) is 8.05. The number of aryl methyl sites for hydroxylation is 1. The predicted octanol–water partition coefficient (Wildman–Crippen LogP) is 3.47. The molecule has 154 valence electrons. The summed E-state index contributed by atoms with van der Waals surface area (Å²) in [5.41, 5.74) is 2.82. The van der Waals surface area contributed by atoms with E-state index in [1.165, 1.54) is 10.4 Å². The van der Waals surface area contributed by atoms with Gasteiger partial charge in [0.15, 0.2) is 6.54 Å². The Kier molecular flexibility index (Phi) is 5.45. The maximum absolute atomic E-state index is 13.4. The summed E-state index contributed by atoms with van der Waals surface area (Å²) in [4.78, 5) is 28.9. The number of nitrogens with two attached hydrogens (primary N) is 1. The zero-order chi connectivity index (χ0) is 21.3. The molecule has 2 heterocycles. The Morgan fingerprint density at radius 1 is 1.10 bits per heavy atom. The molecule has 5 nitrogen and oxygen atoms in total. The van der Waals surface area contributed by atoms with Crippen LogP contribution in [-0.4, -0.2) is 23.9 Å². The summed E-state index contributed by atoms with van der Waals surface area (Å²) in [5, 5.41) is 7.03. The summed E-state index contributed by atoms with van der Waals surface area (Å²) in [6.07, 6.45) is 0. The van der Waals surface area contributed by atoms with Crippen LogP contribution in [0.15, 0.2) is 66.0 Å². The third-order valence-electron chi connectivity index (χ3n) is 5.57. The van der Waals surface area contributed by atoms with E-state index in [0.29, 0.717) is 5.69 Å². The Balaban J connectivity index is 1.60. The molecule has 2 amide bonds. The van der Waals surface area contributed by atoms with Gasteiger partial charge in [-0.25, -0.2) is 0 Å². The SMILES string of the molecule is Cc1ccc([C@@H]([NH2+]CC(=O)N2c3ccccc3NC(=O)C2(C)C)c2cccs2)cc1. The maximum Gasteiger partial charge on any atom is 0.283 e. The molecule has 0 unspecified atom stereocenters. The molecule has 0 aliphatic carbocycles. The van der Waals surface area contributed by atoms with E-state index in [1.807, 2.05) is 30.3 Å². The van der Waals surface area contributed by atoms with Crippen molar-refractivity contribution < 1.29 is 14.9 Å². The zero-order valence-corrected chi connectivity index (χ0v) is 18.2. The second-order valence-corrected chi connectivity index (χ2v) is 9.08. The molecule has 1 atom stereocenters. The summed E-state index contributed by atoms with van der Waals surface area (Å²) < 4.78 is 0. The lowest BCUT2D eigenvalue weighted by molar-refractivity contribution is -0.676. The molecule has 0 bridgehead atoms. The number of nitrogens with one attached hydrogen (secondary N) is 1. The molecule has 1 aliphatic heterocycles. The largest absolute Gasteiger partial charge is 0.328 e. The normalized spacial score (nSPS) is 16.0. The monoisotopic (exact) mass is 420 g/mol. The number of fused-ring (bicyclic) bond motifs is 1. The number of amides is 2. The number of carbonyl (C=O) groups is 2. The topological polar surface area (TPSA) is 66.0 Å². The average Bonchev–Trinajstić information content (AvgIpc) is 3.24. The molecule has 30 heavy (non-hydrogen) atoms. The number of quaternary nitrogens is 1. The van der Waals surface area contributed by atoms with E-state index in [9.17, 15) is 9.59 Å². The van der Waals surface area contributed by atoms with Crippen molar-refractivity contribution in [3.8, 4) is 0 Å². The highest BCUT2D eigenvalue weighted by atomic mass is 32.1. The summed E-state index contributed by atoms with van der Waals surface area (Å²) in [6, 6.07) is 20.1. The van der Waals surface area contributed by atoms with Crippen LogP contribution in [-0.2, 0) is 9.59 Å². The van der Waals surface area contributed by atoms with E-state index < -0.39 is 5.54 Å². The van der Waals surface area contributed by atoms with Gasteiger partial charge >= 0.3 is 0 Å². The average molecular weight is 421 g/mol. The van der Waals surface area contributed by atoms with Crippen LogP contribution < -0.4 is 15.5 Å². The van der Waals surface area contributed by atoms with Gasteiger partial charge in [-0.1, -0.05) is 48.0 Å². The molecule has 1 aliphatic rings. The van der Waals surface area contributed by atoms with Crippen molar-refractivity contribution in [3.05, 3.63) is 82.0 Å². The van der Waals surface area contributed by atoms with Gasteiger partial charge in [-0.15, -0.1) is 11.3 Å². The number of hydrogen-bond acceptors (Lipinski definition) is 3. The molecular formula is C24H26N3O2S+. The van der Waals surface area contributed by atoms with Crippen LogP contribution in [0.2, 0.25) is 0 Å². The Bertz CT molecular complexity index is 1060. The molecule has 0 saturated carbocycles. The first-order valence-corrected chi connectivity index (χ1v) is 10.9. The molecule has 3 aromatic rings. The van der Waals surface area contributed by atoms with Gasteiger partial charge in [-0.2, -0.15) is 0 Å². The molecule has 2 aromatic carbocycles. The predicted molar refractivity (Wildman–Crippen MR) is 121 cm³/mol. The highest BCUT2D eigenvalue weighted by Crippen LogP contribution is 2.36. The quantitative estimate of drug-likeness (QED) is 0.664. The van der Waals surface area contributed by atoms with Crippen molar-refractivity contribution in [3.63, 3.8) is 0 Å². The van der Waals surface area contributed by atoms with Gasteiger partial charge in [0.25, 0.3) is 5.91 Å². The molecule has 0 fully saturated rings. The molecule has 0 radical (unpaired) electrons. The number of para-hydroxylation sites is 2. The van der Waals surface area contributed by atoms with Gasteiger partial charge < -0.3 is 10.6 Å². The highest BCUT2D eigenvalue weighted by molar-refractivity contribution is 7.10. The standard InChI is InChI=1S/C24H25N3O2S/c1-16-10-12-17(13-11-16)22(20-9-6-14-30-20)25-15-21(28)27-19-8-5-4-7-18(19)26-23(29)24(27,2)3/h4-14,22,25H,15H2,1-3H3,(H,26,29)/p+1/t22-/m1/s1. The van der Waals surface area contributed by atoms with Crippen molar-refractivity contribution in [2.45, 2.75) is 32.4 Å². The number of anilines is 2. The third-order valence-corrected chi connectivity index (χ3v) is 6.53. The summed E-state index contributed by atoms with van der Waals surface area (Å²) >= 11 is 1.69. The van der Waals surface area contributed by atoms with Gasteiger partial charge in [-0.05, 0) is 44.4 Å². The van der Waals surface area contributed by atoms with Gasteiger partial charge in [-0.3, -0.25) is 14.5 Å². The summed E-state index contributed by atoms with van der Waals surface area (Å²) in [6.45, 7) is 5.87. The van der Waals surface area contributed by atoms with Gasteiger partial charge in [0.1, 0.15) is 11.6 Å². The molecule has 4 rings (SSSR count). The van der Waals surface area contributed by atoms with E-state index in [-0.39, 0.29) is 24.4 Å². The van der Waals surface area contributed by atoms with Crippen molar-refractivity contribution in [1.82, 2.24) is 0 Å². The minimum absolute atomic E-state index is 0.0338. The van der Waals surface area contributed by atoms with Crippen LogP contribution in [0, 0.1) is 6.92 Å². The number of nitrogens with zero attached hydrogens (tertiary/aromatic N) is 1. The Morgan fingerprint density at radius 3 is 2.53 bits per heavy atom. The molecular weight excluding hydrogens is 394 g/mol. The molecule has 0 saturated heterocycles. The van der Waals surface area contributed by atoms with Gasteiger partial charge in [0.2, 0.25) is 5.91 Å². The molecule has 1 aromatic heterocycles. The fourth-order valence-corrected chi connectivity index (χ4v) is 4.72. The van der Waals surface area contributed by atoms with E-state index in [4.69, 9.17) is 0 Å². The first kappa shape index (κ1) is 20.3. The van der Waals surface area contributed by atoms with Crippen molar-refractivity contribution >= 4 is 34.5 Å². The fraction of sp³-hybridized carbons (Fsp3) is 0.250. The highest BCUT2D eigenvalue weighted by Gasteiger charge is 2.44. The second-order valence-electron chi connectivity index (χ2n) is 8.10. The molecule has 6 heteroatoms. The van der Waals surface area contributed by atoms with Crippen LogP contribution in [0.5, 0.6) is 0 Å². The summed E-state index contributed by atoms with van der Waals surface area (Å²) in [5.74, 6) is -0.265. The number of rotatable bonds is 5. The van der Waals surface area contributed by atoms with Crippen molar-refractivity contribution in [2.75, 3.05) is 16.8 Å². The maximum atomic E-state index is 13.4. The lowest BCUT2D eigenvalue weighted by Crippen LogP contribution is -2.88. The Hall–Kier alpha value is -2.96. The Morgan fingerprint density at radius 2 is 1.83 bits per heavy atom. The number of benzene rings is 2. The van der Waals surface area contributed by atoms with Gasteiger partial charge in [0, 0.05) is 5.56 Å². The van der Waals surface area contributed by atoms with Crippen molar-refractivity contribution in [2.24, 2.45) is 0 Å². The lowest BCUT2D eigenvalue weighted by atomic mass is 9.96. The van der Waals surface area contributed by atoms with E-state index in [1.54, 1.807) is 30.1 Å². The van der Waals surface area contributed by atoms with Crippen LogP contribution in [0.3, 0.4) is 0 Å². The minimum Gasteiger partial charge on any atom is -0.328 e. The van der Waals surface area contributed by atoms with E-state index >= 15 is 0 Å². The number of hydrogen-bond donors (Lipinski definition) is 2. The molecule has 0 spiro atoms. The van der Waals surface area contributed by atoms with E-state index in [2.05, 4.69) is 53.3 Å². The minimum atomic E-state index is -0.957. The smallest absolute Gasteiger partial charge is 0.283 e. The molecule has 3 N–H and O–H groups in total. The first-order chi connectivity index (χ1) is 14.4. The van der Waals surface area contributed by atoms with Crippen LogP contribution in [0.4, 0.5) is 11.4 Å². The van der Waals surface area contributed by atoms with Crippen LogP contribution in [0.25, 0.3) is 0 Å². The number of carbonyl (C=O) groups excluding carboxylic acids is 2. The fourth-order valence-electron chi connectivity index (χ4n) is 3.87. The summed E-state index contributed by atoms with van der Waals surface area (Å²) in [7, 11) is 0. The first-order valence-electron chi connectivity index (χ1n) is 10.0. The zero-order valence-electron chi connectivity index (χ0n) is 17.4. The van der Waals surface area contributed by atoms with Crippen molar-refractivity contribution in [1.29, 1.82) is 0 Å². The Labute approximate surface area is 180 Å². The van der Waals surface area contributed by atoms with Crippen LogP contribution in [0.1, 0.15) is 35.9 Å². The third kappa shape index (κ3) is 3.76. The van der Waals surface area contributed by atoms with Gasteiger partial charge in [0.05, 0.1) is 16.3 Å². The number of thiophene rings is 1. The van der Waals surface area contributed by atoms with Crippen LogP contribution >= 0.6 is 11.3 Å². The van der Waals surface area contributed by atoms with E-state index in [0.717, 1.165) is 11.3 Å².